The van der Waals surface area contributed by atoms with Crippen LogP contribution in [0.1, 0.15) is 27.7 Å². The maximum Gasteiger partial charge on any atom is 0.487 e. The lowest BCUT2D eigenvalue weighted by Crippen LogP contribution is -2.41. The van der Waals surface area contributed by atoms with Crippen LogP contribution in [0.15, 0.2) is 11.0 Å². The lowest BCUT2D eigenvalue weighted by atomic mass is 9.90. The summed E-state index contributed by atoms with van der Waals surface area (Å²) in [7, 11) is -0.227. The van der Waals surface area contributed by atoms with E-state index in [0.29, 0.717) is 0 Å². The van der Waals surface area contributed by atoms with Crippen LogP contribution in [0.25, 0.3) is 0 Å². The third kappa shape index (κ3) is 1.75. The van der Waals surface area contributed by atoms with Crippen LogP contribution in [0.2, 0.25) is 0 Å². The van der Waals surface area contributed by atoms with E-state index in [4.69, 9.17) is 9.31 Å². The fourth-order valence-electron chi connectivity index (χ4n) is 1.03. The summed E-state index contributed by atoms with van der Waals surface area (Å²) in [6, 6.07) is 0. The van der Waals surface area contributed by atoms with Crippen molar-refractivity contribution >= 4 is 23.0 Å². The van der Waals surface area contributed by atoms with Crippen LogP contribution < -0.4 is 0 Å². The van der Waals surface area contributed by atoms with Gasteiger partial charge in [0.05, 0.1) is 11.2 Å². The number of hydrogen-bond donors (Lipinski definition) is 0. The summed E-state index contributed by atoms with van der Waals surface area (Å²) in [6.07, 6.45) is 0. The van der Waals surface area contributed by atoms with Crippen LogP contribution in [-0.4, -0.2) is 18.3 Å². The molecule has 68 valence electrons. The second-order valence-electron chi connectivity index (χ2n) is 3.94. The molecule has 2 nitrogen and oxygen atoms in total. The average molecular weight is 233 g/mol. The Morgan fingerprint density at radius 2 is 1.50 bits per heavy atom. The van der Waals surface area contributed by atoms with Gasteiger partial charge < -0.3 is 9.31 Å². The number of halogens is 1. The van der Waals surface area contributed by atoms with Crippen LogP contribution >= 0.6 is 15.9 Å². The van der Waals surface area contributed by atoms with Crippen LogP contribution in [0.4, 0.5) is 0 Å². The first-order valence-corrected chi connectivity index (χ1v) is 4.93. The molecule has 4 heteroatoms. The van der Waals surface area contributed by atoms with E-state index in [0.717, 1.165) is 0 Å². The summed E-state index contributed by atoms with van der Waals surface area (Å²) in [6.45, 7) is 8.15. The van der Waals surface area contributed by atoms with Crippen molar-refractivity contribution in [2.75, 3.05) is 0 Å². The molecule has 1 aliphatic heterocycles. The number of rotatable bonds is 1. The SMILES string of the molecule is CC1(C)OB(/C=C\Br)OC1(C)C. The molecule has 0 unspecified atom stereocenters. The van der Waals surface area contributed by atoms with E-state index in [1.54, 1.807) is 4.99 Å². The molecule has 0 aromatic carbocycles. The van der Waals surface area contributed by atoms with E-state index in [1.807, 2.05) is 33.7 Å². The Kier molecular flexibility index (Phi) is 2.71. The summed E-state index contributed by atoms with van der Waals surface area (Å²) in [4.78, 5) is 1.76. The smallest absolute Gasteiger partial charge is 0.400 e. The Bertz CT molecular complexity index is 185. The van der Waals surface area contributed by atoms with Gasteiger partial charge in [-0.1, -0.05) is 15.9 Å². The molecule has 0 N–H and O–H groups in total. The first-order valence-electron chi connectivity index (χ1n) is 4.01. The van der Waals surface area contributed by atoms with Gasteiger partial charge in [-0.3, -0.25) is 0 Å². The van der Waals surface area contributed by atoms with Crippen molar-refractivity contribution in [2.45, 2.75) is 38.9 Å². The molecule has 0 amide bonds. The highest BCUT2D eigenvalue weighted by Gasteiger charge is 2.49. The van der Waals surface area contributed by atoms with Crippen molar-refractivity contribution in [3.63, 3.8) is 0 Å². The highest BCUT2D eigenvalue weighted by molar-refractivity contribution is 9.11. The van der Waals surface area contributed by atoms with Crippen molar-refractivity contribution < 1.29 is 9.31 Å². The third-order valence-electron chi connectivity index (χ3n) is 2.50. The standard InChI is InChI=1S/C8H14BBrO2/c1-7(2)8(3,4)12-9(11-7)5-6-10/h5-6H,1-4H3/b6-5-. The summed E-state index contributed by atoms with van der Waals surface area (Å²) in [5.74, 6) is 1.84. The van der Waals surface area contributed by atoms with Gasteiger partial charge in [0.2, 0.25) is 0 Å². The second kappa shape index (κ2) is 3.16. The fraction of sp³-hybridized carbons (Fsp3) is 0.750. The summed E-state index contributed by atoms with van der Waals surface area (Å²) >= 11 is 3.19. The van der Waals surface area contributed by atoms with Crippen LogP contribution in [-0.2, 0) is 9.31 Å². The average Bonchev–Trinajstić information content (AvgIpc) is 2.02. The van der Waals surface area contributed by atoms with E-state index in [9.17, 15) is 0 Å². The molecule has 0 saturated carbocycles. The predicted molar refractivity (Wildman–Crippen MR) is 54.1 cm³/mol. The Balaban J connectivity index is 2.74. The van der Waals surface area contributed by atoms with Crippen molar-refractivity contribution in [1.29, 1.82) is 0 Å². The molecule has 12 heavy (non-hydrogen) atoms. The van der Waals surface area contributed by atoms with E-state index < -0.39 is 0 Å². The van der Waals surface area contributed by atoms with Crippen LogP contribution in [0, 0.1) is 0 Å². The molecule has 0 radical (unpaired) electrons. The molecular weight excluding hydrogens is 219 g/mol. The van der Waals surface area contributed by atoms with Gasteiger partial charge in [0.1, 0.15) is 0 Å². The van der Waals surface area contributed by atoms with Gasteiger partial charge in [-0.15, -0.1) is 0 Å². The zero-order valence-corrected chi connectivity index (χ0v) is 9.51. The van der Waals surface area contributed by atoms with Crippen LogP contribution in [0.3, 0.4) is 0 Å². The Morgan fingerprint density at radius 3 is 1.83 bits per heavy atom. The summed E-state index contributed by atoms with van der Waals surface area (Å²) in [5, 5.41) is 0. The fourth-order valence-corrected chi connectivity index (χ4v) is 1.28. The Labute approximate surface area is 82.6 Å². The van der Waals surface area contributed by atoms with Gasteiger partial charge in [0, 0.05) is 0 Å². The lowest BCUT2D eigenvalue weighted by molar-refractivity contribution is 0.00578. The molecule has 1 saturated heterocycles. The van der Waals surface area contributed by atoms with Gasteiger partial charge in [0.15, 0.2) is 0 Å². The van der Waals surface area contributed by atoms with Crippen molar-refractivity contribution in [3.8, 4) is 0 Å². The van der Waals surface area contributed by atoms with Crippen molar-refractivity contribution in [2.24, 2.45) is 0 Å². The first-order chi connectivity index (χ1) is 5.39. The van der Waals surface area contributed by atoms with Gasteiger partial charge in [-0.25, -0.2) is 0 Å². The van der Waals surface area contributed by atoms with Gasteiger partial charge >= 0.3 is 7.12 Å². The monoisotopic (exact) mass is 232 g/mol. The Hall–Kier alpha value is 0.205. The molecule has 1 rings (SSSR count). The molecule has 0 spiro atoms. The van der Waals surface area contributed by atoms with Gasteiger partial charge in [-0.05, 0) is 38.7 Å². The topological polar surface area (TPSA) is 18.5 Å². The zero-order valence-electron chi connectivity index (χ0n) is 7.93. The van der Waals surface area contributed by atoms with Crippen molar-refractivity contribution in [3.05, 3.63) is 11.0 Å². The quantitative estimate of drug-likeness (QED) is 0.647. The molecule has 0 aromatic heterocycles. The molecule has 1 aliphatic rings. The van der Waals surface area contributed by atoms with Gasteiger partial charge in [0.25, 0.3) is 0 Å². The molecule has 1 fully saturated rings. The minimum Gasteiger partial charge on any atom is -0.400 e. The van der Waals surface area contributed by atoms with Crippen molar-refractivity contribution in [1.82, 2.24) is 0 Å². The first kappa shape index (κ1) is 10.3. The molecule has 0 bridgehead atoms. The van der Waals surface area contributed by atoms with E-state index >= 15 is 0 Å². The maximum absolute atomic E-state index is 5.67. The second-order valence-corrected chi connectivity index (χ2v) is 4.47. The van der Waals surface area contributed by atoms with E-state index in [-0.39, 0.29) is 18.3 Å². The number of hydrogen-bond acceptors (Lipinski definition) is 2. The lowest BCUT2D eigenvalue weighted by Gasteiger charge is -2.32. The highest BCUT2D eigenvalue weighted by atomic mass is 79.9. The summed E-state index contributed by atoms with van der Waals surface area (Å²) in [5.41, 5.74) is -0.464. The molecule has 0 atom stereocenters. The van der Waals surface area contributed by atoms with Gasteiger partial charge in [-0.2, -0.15) is 0 Å². The third-order valence-corrected chi connectivity index (χ3v) is 2.81. The largest absolute Gasteiger partial charge is 0.487 e. The molecule has 1 heterocycles. The minimum absolute atomic E-state index is 0.227. The van der Waals surface area contributed by atoms with E-state index in [1.165, 1.54) is 0 Å². The molecule has 0 aliphatic carbocycles. The van der Waals surface area contributed by atoms with E-state index in [2.05, 4.69) is 15.9 Å². The maximum atomic E-state index is 5.67. The molecule has 0 aromatic rings. The Morgan fingerprint density at radius 1 is 1.08 bits per heavy atom. The highest BCUT2D eigenvalue weighted by Crippen LogP contribution is 2.36. The zero-order chi connectivity index (χ0) is 9.41. The summed E-state index contributed by atoms with van der Waals surface area (Å²) < 4.78 is 11.3. The van der Waals surface area contributed by atoms with Crippen LogP contribution in [0.5, 0.6) is 0 Å². The molecular formula is C8H14BBrO2. The normalized spacial score (nSPS) is 26.9. The predicted octanol–water partition coefficient (Wildman–Crippen LogP) is 2.53. The minimum atomic E-state index is -0.232.